The largest absolute Gasteiger partial charge is 0.371 e. The third-order valence-corrected chi connectivity index (χ3v) is 4.99. The van der Waals surface area contributed by atoms with E-state index in [-0.39, 0.29) is 33.6 Å². The number of carbonyl (C=O) groups is 2. The lowest BCUT2D eigenvalue weighted by atomic mass is 10.1. The molecule has 0 radical (unpaired) electrons. The van der Waals surface area contributed by atoms with E-state index in [0.717, 1.165) is 5.69 Å². The molecule has 0 spiro atoms. The molecular weight excluding hydrogens is 434 g/mol. The number of nitrogens with zero attached hydrogens (tertiary/aromatic N) is 2. The highest BCUT2D eigenvalue weighted by atomic mass is 35.5. The van der Waals surface area contributed by atoms with Crippen LogP contribution in [-0.2, 0) is 0 Å². The summed E-state index contributed by atoms with van der Waals surface area (Å²) in [4.78, 5) is 39.9. The summed E-state index contributed by atoms with van der Waals surface area (Å²) in [6.45, 7) is 1.83. The zero-order valence-corrected chi connectivity index (χ0v) is 18.0. The van der Waals surface area contributed by atoms with Crippen molar-refractivity contribution in [2.45, 2.75) is 13.0 Å². The second kappa shape index (κ2) is 9.88. The second-order valence-corrected chi connectivity index (χ2v) is 7.24. The van der Waals surface area contributed by atoms with Crippen LogP contribution in [0.2, 0.25) is 5.02 Å². The molecule has 0 saturated carbocycles. The maximum Gasteiger partial charge on any atom is 0.293 e. The Morgan fingerprint density at radius 1 is 1.09 bits per heavy atom. The Morgan fingerprint density at radius 3 is 2.53 bits per heavy atom. The van der Waals surface area contributed by atoms with Gasteiger partial charge >= 0.3 is 0 Å². The van der Waals surface area contributed by atoms with Crippen molar-refractivity contribution in [1.82, 2.24) is 10.3 Å². The van der Waals surface area contributed by atoms with Gasteiger partial charge in [-0.2, -0.15) is 0 Å². The SMILES string of the molecule is CNC(=O)c1cc(NC(=O)c2ccc(NC(C)c3ccccn3)c([N+](=O)[O-])c2)ccc1Cl. The molecule has 32 heavy (non-hydrogen) atoms. The van der Waals surface area contributed by atoms with Gasteiger partial charge in [0.05, 0.1) is 27.2 Å². The minimum Gasteiger partial charge on any atom is -0.371 e. The lowest BCUT2D eigenvalue weighted by molar-refractivity contribution is -0.384. The third-order valence-electron chi connectivity index (χ3n) is 4.66. The van der Waals surface area contributed by atoms with Gasteiger partial charge in [0.2, 0.25) is 0 Å². The minimum absolute atomic E-state index is 0.0872. The summed E-state index contributed by atoms with van der Waals surface area (Å²) in [5.41, 5.74) is 1.34. The zero-order valence-electron chi connectivity index (χ0n) is 17.3. The van der Waals surface area contributed by atoms with Crippen LogP contribution in [0.3, 0.4) is 0 Å². The molecule has 0 saturated heterocycles. The molecule has 1 aromatic heterocycles. The molecule has 0 aliphatic carbocycles. The number of nitro benzene ring substituents is 1. The number of anilines is 2. The molecule has 1 atom stereocenters. The highest BCUT2D eigenvalue weighted by Crippen LogP contribution is 2.29. The summed E-state index contributed by atoms with van der Waals surface area (Å²) in [6.07, 6.45) is 1.64. The van der Waals surface area contributed by atoms with Crippen molar-refractivity contribution in [1.29, 1.82) is 0 Å². The van der Waals surface area contributed by atoms with E-state index in [4.69, 9.17) is 11.6 Å². The Balaban J connectivity index is 1.83. The highest BCUT2D eigenvalue weighted by molar-refractivity contribution is 6.34. The molecule has 9 nitrogen and oxygen atoms in total. The van der Waals surface area contributed by atoms with Crippen molar-refractivity contribution in [2.24, 2.45) is 0 Å². The van der Waals surface area contributed by atoms with Crippen molar-refractivity contribution in [3.63, 3.8) is 0 Å². The van der Waals surface area contributed by atoms with Gasteiger partial charge in [0, 0.05) is 30.6 Å². The quantitative estimate of drug-likeness (QED) is 0.359. The fourth-order valence-electron chi connectivity index (χ4n) is 3.00. The summed E-state index contributed by atoms with van der Waals surface area (Å²) in [5, 5.41) is 20.0. The van der Waals surface area contributed by atoms with Gasteiger partial charge < -0.3 is 16.0 Å². The molecule has 0 fully saturated rings. The predicted octanol–water partition coefficient (Wildman–Crippen LogP) is 4.43. The van der Waals surface area contributed by atoms with Gasteiger partial charge in [-0.3, -0.25) is 24.7 Å². The van der Waals surface area contributed by atoms with Gasteiger partial charge in [-0.1, -0.05) is 17.7 Å². The predicted molar refractivity (Wildman–Crippen MR) is 122 cm³/mol. The van der Waals surface area contributed by atoms with Crippen molar-refractivity contribution < 1.29 is 14.5 Å². The Kier molecular flexibility index (Phi) is 7.01. The topological polar surface area (TPSA) is 126 Å². The molecule has 10 heteroatoms. The summed E-state index contributed by atoms with van der Waals surface area (Å²) < 4.78 is 0. The molecule has 3 aromatic rings. The van der Waals surface area contributed by atoms with Crippen LogP contribution < -0.4 is 16.0 Å². The van der Waals surface area contributed by atoms with Gasteiger partial charge in [0.15, 0.2) is 0 Å². The van der Waals surface area contributed by atoms with E-state index in [0.29, 0.717) is 5.69 Å². The van der Waals surface area contributed by atoms with Crippen molar-refractivity contribution in [3.05, 3.63) is 92.8 Å². The number of nitro groups is 1. The van der Waals surface area contributed by atoms with Gasteiger partial charge in [0.25, 0.3) is 17.5 Å². The first-order chi connectivity index (χ1) is 15.3. The van der Waals surface area contributed by atoms with Crippen LogP contribution in [0, 0.1) is 10.1 Å². The highest BCUT2D eigenvalue weighted by Gasteiger charge is 2.20. The van der Waals surface area contributed by atoms with Gasteiger partial charge in [0.1, 0.15) is 5.69 Å². The van der Waals surface area contributed by atoms with Crippen LogP contribution in [0.15, 0.2) is 60.8 Å². The average Bonchev–Trinajstić information content (AvgIpc) is 2.80. The number of hydrogen-bond donors (Lipinski definition) is 3. The van der Waals surface area contributed by atoms with Crippen LogP contribution in [0.25, 0.3) is 0 Å². The smallest absolute Gasteiger partial charge is 0.293 e. The fourth-order valence-corrected chi connectivity index (χ4v) is 3.20. The number of carbonyl (C=O) groups excluding carboxylic acids is 2. The van der Waals surface area contributed by atoms with Crippen molar-refractivity contribution >= 4 is 40.5 Å². The first kappa shape index (κ1) is 22.7. The molecule has 2 amide bonds. The lowest BCUT2D eigenvalue weighted by Crippen LogP contribution is -2.19. The number of nitrogens with one attached hydrogen (secondary N) is 3. The van der Waals surface area contributed by atoms with Gasteiger partial charge in [-0.05, 0) is 49.4 Å². The molecule has 3 N–H and O–H groups in total. The third kappa shape index (κ3) is 5.19. The van der Waals surface area contributed by atoms with Crippen molar-refractivity contribution in [2.75, 3.05) is 17.7 Å². The average molecular weight is 454 g/mol. The number of rotatable bonds is 7. The monoisotopic (exact) mass is 453 g/mol. The number of aromatic nitrogens is 1. The number of benzene rings is 2. The summed E-state index contributed by atoms with van der Waals surface area (Å²) in [5.74, 6) is -0.971. The summed E-state index contributed by atoms with van der Waals surface area (Å²) in [7, 11) is 1.47. The second-order valence-electron chi connectivity index (χ2n) is 6.84. The molecule has 1 heterocycles. The number of hydrogen-bond acceptors (Lipinski definition) is 6. The maximum absolute atomic E-state index is 12.7. The lowest BCUT2D eigenvalue weighted by Gasteiger charge is -2.15. The molecule has 2 aromatic carbocycles. The maximum atomic E-state index is 12.7. The van der Waals surface area contributed by atoms with E-state index < -0.39 is 16.7 Å². The minimum atomic E-state index is -0.567. The van der Waals surface area contributed by atoms with E-state index in [1.54, 1.807) is 12.3 Å². The Hall–Kier alpha value is -3.98. The van der Waals surface area contributed by atoms with Crippen LogP contribution in [0.4, 0.5) is 17.1 Å². The Labute approximate surface area is 189 Å². The van der Waals surface area contributed by atoms with E-state index in [1.165, 1.54) is 43.4 Å². The summed E-state index contributed by atoms with van der Waals surface area (Å²) >= 11 is 6.02. The van der Waals surface area contributed by atoms with Gasteiger partial charge in [-0.15, -0.1) is 0 Å². The van der Waals surface area contributed by atoms with Crippen LogP contribution in [-0.4, -0.2) is 28.8 Å². The Bertz CT molecular complexity index is 1170. The molecular formula is C22H20ClN5O4. The molecule has 0 aliphatic heterocycles. The standard InChI is InChI=1S/C22H20ClN5O4/c1-13(18-5-3-4-10-25-18)26-19-9-6-14(11-20(19)28(31)32)21(29)27-15-7-8-17(23)16(12-15)22(30)24-2/h3-13,26H,1-2H3,(H,24,30)(H,27,29). The molecule has 3 rings (SSSR count). The normalized spacial score (nSPS) is 11.3. The number of pyridine rings is 1. The zero-order chi connectivity index (χ0) is 23.3. The van der Waals surface area contributed by atoms with E-state index in [1.807, 2.05) is 19.1 Å². The molecule has 0 bridgehead atoms. The van der Waals surface area contributed by atoms with Crippen LogP contribution in [0.1, 0.15) is 39.4 Å². The number of halogens is 1. The van der Waals surface area contributed by atoms with Crippen LogP contribution in [0.5, 0.6) is 0 Å². The molecule has 0 aliphatic rings. The van der Waals surface area contributed by atoms with Crippen LogP contribution >= 0.6 is 11.6 Å². The van der Waals surface area contributed by atoms with E-state index in [9.17, 15) is 19.7 Å². The van der Waals surface area contributed by atoms with E-state index >= 15 is 0 Å². The summed E-state index contributed by atoms with van der Waals surface area (Å²) in [6, 6.07) is 13.7. The van der Waals surface area contributed by atoms with Crippen molar-refractivity contribution in [3.8, 4) is 0 Å². The first-order valence-corrected chi connectivity index (χ1v) is 9.97. The Morgan fingerprint density at radius 2 is 1.88 bits per heavy atom. The van der Waals surface area contributed by atoms with E-state index in [2.05, 4.69) is 20.9 Å². The molecule has 164 valence electrons. The first-order valence-electron chi connectivity index (χ1n) is 9.59. The fraction of sp³-hybridized carbons (Fsp3) is 0.136. The molecule has 1 unspecified atom stereocenters. The van der Waals surface area contributed by atoms with Gasteiger partial charge in [-0.25, -0.2) is 0 Å². The number of amides is 2.